The lowest BCUT2D eigenvalue weighted by Crippen LogP contribution is -2.39. The standard InChI is InChI=1S/C14H23BrN2OS/c1-18-6-4-16-8-12-3-2-5-17(9-12)10-14-7-13(15)11-19-14/h7,11-12,16H,2-6,8-10H2,1H3. The number of halogens is 1. The van der Waals surface area contributed by atoms with E-state index in [1.807, 2.05) is 11.3 Å². The van der Waals surface area contributed by atoms with Crippen LogP contribution in [0.5, 0.6) is 0 Å². The van der Waals surface area contributed by atoms with Gasteiger partial charge in [0.2, 0.25) is 0 Å². The Hall–Kier alpha value is 0.0600. The Morgan fingerprint density at radius 3 is 3.21 bits per heavy atom. The van der Waals surface area contributed by atoms with Gasteiger partial charge in [-0.05, 0) is 53.8 Å². The lowest BCUT2D eigenvalue weighted by Gasteiger charge is -2.32. The van der Waals surface area contributed by atoms with Gasteiger partial charge in [0.1, 0.15) is 0 Å². The number of likely N-dealkylation sites (tertiary alicyclic amines) is 1. The highest BCUT2D eigenvalue weighted by Gasteiger charge is 2.19. The average Bonchev–Trinajstić information content (AvgIpc) is 2.81. The second-order valence-corrected chi connectivity index (χ2v) is 7.08. The molecule has 0 bridgehead atoms. The first-order chi connectivity index (χ1) is 9.28. The molecule has 3 nitrogen and oxygen atoms in total. The second kappa shape index (κ2) is 8.37. The fraction of sp³-hybridized carbons (Fsp3) is 0.714. The lowest BCUT2D eigenvalue weighted by molar-refractivity contribution is 0.160. The van der Waals surface area contributed by atoms with Crippen LogP contribution in [-0.4, -0.2) is 44.8 Å². The van der Waals surface area contributed by atoms with Gasteiger partial charge in [-0.3, -0.25) is 4.90 Å². The van der Waals surface area contributed by atoms with Gasteiger partial charge >= 0.3 is 0 Å². The molecule has 0 spiro atoms. The molecule has 1 unspecified atom stereocenters. The molecule has 0 saturated carbocycles. The van der Waals surface area contributed by atoms with E-state index in [4.69, 9.17) is 4.74 Å². The Balaban J connectivity index is 1.71. The third kappa shape index (κ3) is 5.52. The minimum absolute atomic E-state index is 0.786. The number of piperidine rings is 1. The van der Waals surface area contributed by atoms with Crippen LogP contribution in [0.15, 0.2) is 15.9 Å². The molecule has 5 heteroatoms. The van der Waals surface area contributed by atoms with E-state index in [0.717, 1.165) is 32.2 Å². The first-order valence-corrected chi connectivity index (χ1v) is 8.60. The summed E-state index contributed by atoms with van der Waals surface area (Å²) in [6.45, 7) is 6.45. The SMILES string of the molecule is COCCNCC1CCCN(Cc2cc(Br)cs2)C1. The third-order valence-corrected chi connectivity index (χ3v) is 5.20. The number of nitrogens with one attached hydrogen (secondary N) is 1. The number of hydrogen-bond acceptors (Lipinski definition) is 4. The summed E-state index contributed by atoms with van der Waals surface area (Å²) in [6.07, 6.45) is 2.67. The molecule has 0 aromatic carbocycles. The van der Waals surface area contributed by atoms with Gasteiger partial charge in [-0.2, -0.15) is 0 Å². The molecule has 0 aliphatic carbocycles. The Morgan fingerprint density at radius 1 is 1.58 bits per heavy atom. The average molecular weight is 347 g/mol. The Labute approximate surface area is 128 Å². The zero-order chi connectivity index (χ0) is 13.5. The van der Waals surface area contributed by atoms with Crippen LogP contribution < -0.4 is 5.32 Å². The molecule has 2 heterocycles. The van der Waals surface area contributed by atoms with Crippen molar-refractivity contribution in [3.63, 3.8) is 0 Å². The molecule has 2 rings (SSSR count). The topological polar surface area (TPSA) is 24.5 Å². The largest absolute Gasteiger partial charge is 0.383 e. The predicted octanol–water partition coefficient (Wildman–Crippen LogP) is 2.96. The summed E-state index contributed by atoms with van der Waals surface area (Å²) in [7, 11) is 1.75. The van der Waals surface area contributed by atoms with Crippen molar-refractivity contribution in [1.29, 1.82) is 0 Å². The van der Waals surface area contributed by atoms with E-state index in [1.54, 1.807) is 7.11 Å². The maximum atomic E-state index is 5.06. The number of hydrogen-bond donors (Lipinski definition) is 1. The van der Waals surface area contributed by atoms with Crippen LogP contribution in [0.2, 0.25) is 0 Å². The number of nitrogens with zero attached hydrogens (tertiary/aromatic N) is 1. The van der Waals surface area contributed by atoms with Crippen LogP contribution in [0.4, 0.5) is 0 Å². The van der Waals surface area contributed by atoms with E-state index in [2.05, 4.69) is 37.6 Å². The summed E-state index contributed by atoms with van der Waals surface area (Å²) >= 11 is 5.38. The minimum Gasteiger partial charge on any atom is -0.383 e. The molecule has 1 atom stereocenters. The predicted molar refractivity (Wildman–Crippen MR) is 84.8 cm³/mol. The highest BCUT2D eigenvalue weighted by atomic mass is 79.9. The molecule has 1 aromatic rings. The zero-order valence-electron chi connectivity index (χ0n) is 11.5. The molecule has 108 valence electrons. The molecule has 1 saturated heterocycles. The molecule has 1 aliphatic heterocycles. The monoisotopic (exact) mass is 346 g/mol. The summed E-state index contributed by atoms with van der Waals surface area (Å²) in [5.41, 5.74) is 0. The summed E-state index contributed by atoms with van der Waals surface area (Å²) in [5.74, 6) is 0.786. The van der Waals surface area contributed by atoms with Crippen molar-refractivity contribution in [3.8, 4) is 0 Å². The highest BCUT2D eigenvalue weighted by Crippen LogP contribution is 2.23. The second-order valence-electron chi connectivity index (χ2n) is 5.17. The van der Waals surface area contributed by atoms with E-state index < -0.39 is 0 Å². The summed E-state index contributed by atoms with van der Waals surface area (Å²) < 4.78 is 6.27. The van der Waals surface area contributed by atoms with Gasteiger partial charge in [0.05, 0.1) is 6.61 Å². The molecular weight excluding hydrogens is 324 g/mol. The number of thiophene rings is 1. The van der Waals surface area contributed by atoms with Crippen LogP contribution in [0, 0.1) is 5.92 Å². The lowest BCUT2D eigenvalue weighted by atomic mass is 9.98. The van der Waals surface area contributed by atoms with E-state index in [-0.39, 0.29) is 0 Å². The van der Waals surface area contributed by atoms with Crippen molar-refractivity contribution in [2.75, 3.05) is 39.9 Å². The molecule has 1 N–H and O–H groups in total. The molecule has 19 heavy (non-hydrogen) atoms. The Bertz CT molecular complexity index is 372. The molecule has 1 fully saturated rings. The molecule has 1 aliphatic rings. The number of ether oxygens (including phenoxy) is 1. The van der Waals surface area contributed by atoms with Gasteiger partial charge in [-0.25, -0.2) is 0 Å². The van der Waals surface area contributed by atoms with Gasteiger partial charge in [-0.1, -0.05) is 0 Å². The maximum Gasteiger partial charge on any atom is 0.0587 e. The summed E-state index contributed by atoms with van der Waals surface area (Å²) in [4.78, 5) is 4.05. The van der Waals surface area contributed by atoms with E-state index in [1.165, 1.54) is 35.3 Å². The van der Waals surface area contributed by atoms with Gasteiger partial charge in [0.25, 0.3) is 0 Å². The van der Waals surface area contributed by atoms with Gasteiger partial charge in [-0.15, -0.1) is 11.3 Å². The fourth-order valence-electron chi connectivity index (χ4n) is 2.60. The first kappa shape index (κ1) is 15.4. The van der Waals surface area contributed by atoms with Crippen LogP contribution in [0.1, 0.15) is 17.7 Å². The Kier molecular flexibility index (Phi) is 6.81. The van der Waals surface area contributed by atoms with Crippen molar-refractivity contribution in [3.05, 3.63) is 20.8 Å². The first-order valence-electron chi connectivity index (χ1n) is 6.93. The molecule has 0 amide bonds. The fourth-order valence-corrected chi connectivity index (χ4v) is 4.09. The van der Waals surface area contributed by atoms with Gasteiger partial charge in [0.15, 0.2) is 0 Å². The molecular formula is C14H23BrN2OS. The van der Waals surface area contributed by atoms with Crippen LogP contribution >= 0.6 is 27.3 Å². The smallest absolute Gasteiger partial charge is 0.0587 e. The van der Waals surface area contributed by atoms with E-state index in [9.17, 15) is 0 Å². The van der Waals surface area contributed by atoms with Crippen molar-refractivity contribution >= 4 is 27.3 Å². The van der Waals surface area contributed by atoms with Crippen molar-refractivity contribution in [1.82, 2.24) is 10.2 Å². The van der Waals surface area contributed by atoms with Gasteiger partial charge in [0, 0.05) is 41.5 Å². The van der Waals surface area contributed by atoms with Crippen LogP contribution in [-0.2, 0) is 11.3 Å². The Morgan fingerprint density at radius 2 is 2.47 bits per heavy atom. The van der Waals surface area contributed by atoms with E-state index >= 15 is 0 Å². The number of methoxy groups -OCH3 is 1. The minimum atomic E-state index is 0.786. The quantitative estimate of drug-likeness (QED) is 0.768. The van der Waals surface area contributed by atoms with Crippen molar-refractivity contribution in [2.24, 2.45) is 5.92 Å². The third-order valence-electron chi connectivity index (χ3n) is 3.52. The van der Waals surface area contributed by atoms with E-state index in [0.29, 0.717) is 0 Å². The zero-order valence-corrected chi connectivity index (χ0v) is 13.9. The van der Waals surface area contributed by atoms with Crippen LogP contribution in [0.25, 0.3) is 0 Å². The molecule has 1 aromatic heterocycles. The number of rotatable bonds is 7. The maximum absolute atomic E-state index is 5.06. The van der Waals surface area contributed by atoms with Crippen LogP contribution in [0.3, 0.4) is 0 Å². The van der Waals surface area contributed by atoms with Crippen molar-refractivity contribution < 1.29 is 4.74 Å². The van der Waals surface area contributed by atoms with Gasteiger partial charge < -0.3 is 10.1 Å². The molecule has 0 radical (unpaired) electrons. The highest BCUT2D eigenvalue weighted by molar-refractivity contribution is 9.10. The van der Waals surface area contributed by atoms with Crippen molar-refractivity contribution in [2.45, 2.75) is 19.4 Å². The summed E-state index contributed by atoms with van der Waals surface area (Å²) in [5, 5.41) is 5.66. The summed E-state index contributed by atoms with van der Waals surface area (Å²) in [6, 6.07) is 2.24. The normalized spacial score (nSPS) is 20.8.